The fourth-order valence-electron chi connectivity index (χ4n) is 2.16. The fourth-order valence-corrected chi connectivity index (χ4v) is 2.94. The van der Waals surface area contributed by atoms with Crippen LogP contribution in [0.15, 0.2) is 12.3 Å². The summed E-state index contributed by atoms with van der Waals surface area (Å²) in [4.78, 5) is 11.9. The van der Waals surface area contributed by atoms with Crippen LogP contribution in [0.4, 0.5) is 0 Å². The molecule has 0 aliphatic heterocycles. The second-order valence-corrected chi connectivity index (χ2v) is 5.42. The van der Waals surface area contributed by atoms with Crippen molar-refractivity contribution in [3.05, 3.63) is 38.2 Å². The molecule has 0 spiro atoms. The van der Waals surface area contributed by atoms with Crippen LogP contribution in [0.1, 0.15) is 17.7 Å². The number of H-pyrrole nitrogens is 1. The van der Waals surface area contributed by atoms with Crippen LogP contribution in [0.25, 0.3) is 11.5 Å². The molecule has 0 amide bonds. The maximum atomic E-state index is 6.13. The van der Waals surface area contributed by atoms with Gasteiger partial charge >= 0.3 is 0 Å². The highest BCUT2D eigenvalue weighted by molar-refractivity contribution is 7.71. The smallest absolute Gasteiger partial charge is 0.159 e. The van der Waals surface area contributed by atoms with Crippen molar-refractivity contribution in [1.82, 2.24) is 15.0 Å². The lowest BCUT2D eigenvalue weighted by Crippen LogP contribution is -1.99. The zero-order chi connectivity index (χ0) is 12.7. The first-order chi connectivity index (χ1) is 8.65. The average Bonchev–Trinajstić information content (AvgIpc) is 2.77. The lowest BCUT2D eigenvalue weighted by Gasteiger charge is -2.06. The van der Waals surface area contributed by atoms with Gasteiger partial charge in [-0.3, -0.25) is 0 Å². The van der Waals surface area contributed by atoms with E-state index in [1.165, 1.54) is 0 Å². The van der Waals surface area contributed by atoms with Gasteiger partial charge in [-0.2, -0.15) is 0 Å². The van der Waals surface area contributed by atoms with Gasteiger partial charge in [0.25, 0.3) is 0 Å². The summed E-state index contributed by atoms with van der Waals surface area (Å²) in [5.41, 5.74) is 2.89. The number of hydrogen-bond donors (Lipinski definition) is 1. The lowest BCUT2D eigenvalue weighted by molar-refractivity contribution is 0.899. The molecule has 6 heteroatoms. The summed E-state index contributed by atoms with van der Waals surface area (Å²) in [6.45, 7) is 0. The van der Waals surface area contributed by atoms with E-state index in [1.807, 2.05) is 0 Å². The Bertz CT molecular complexity index is 682. The van der Waals surface area contributed by atoms with E-state index in [4.69, 9.17) is 35.4 Å². The van der Waals surface area contributed by atoms with Crippen molar-refractivity contribution in [2.24, 2.45) is 0 Å². The summed E-state index contributed by atoms with van der Waals surface area (Å²) < 4.78 is 0.643. The van der Waals surface area contributed by atoms with Gasteiger partial charge in [-0.15, -0.1) is 0 Å². The van der Waals surface area contributed by atoms with Crippen molar-refractivity contribution >= 4 is 35.4 Å². The fraction of sp³-hybridized carbons (Fsp3) is 0.250. The number of aromatic amines is 1. The van der Waals surface area contributed by atoms with Crippen LogP contribution in [-0.2, 0) is 12.8 Å². The topological polar surface area (TPSA) is 41.6 Å². The normalized spacial score (nSPS) is 13.7. The zero-order valence-electron chi connectivity index (χ0n) is 9.33. The Morgan fingerprint density at radius 2 is 2.11 bits per heavy atom. The third-order valence-electron chi connectivity index (χ3n) is 2.99. The molecule has 1 aliphatic carbocycles. The van der Waals surface area contributed by atoms with Crippen LogP contribution in [0.5, 0.6) is 0 Å². The second kappa shape index (κ2) is 4.61. The van der Waals surface area contributed by atoms with Crippen LogP contribution in [0.3, 0.4) is 0 Å². The number of nitrogens with one attached hydrogen (secondary N) is 1. The molecule has 0 aromatic carbocycles. The van der Waals surface area contributed by atoms with E-state index in [0.717, 1.165) is 30.5 Å². The van der Waals surface area contributed by atoms with Crippen LogP contribution < -0.4 is 0 Å². The molecular weight excluding hydrogens is 289 g/mol. The average molecular weight is 298 g/mol. The molecule has 2 aromatic rings. The molecule has 0 radical (unpaired) electrons. The van der Waals surface area contributed by atoms with Crippen molar-refractivity contribution in [2.75, 3.05) is 0 Å². The molecule has 1 aliphatic rings. The van der Waals surface area contributed by atoms with Crippen LogP contribution in [0, 0.1) is 4.64 Å². The van der Waals surface area contributed by atoms with Gasteiger partial charge in [0.05, 0.1) is 10.0 Å². The molecule has 0 bridgehead atoms. The molecule has 0 unspecified atom stereocenters. The first-order valence-corrected chi connectivity index (χ1v) is 6.75. The van der Waals surface area contributed by atoms with Gasteiger partial charge in [0.2, 0.25) is 0 Å². The standard InChI is InChI=1S/C12H9Cl2N3S/c13-6-4-8(14)10(15-5-6)11-16-9-3-1-2-7(9)12(18)17-11/h4-5H,1-3H2,(H,16,17,18). The van der Waals surface area contributed by atoms with E-state index < -0.39 is 0 Å². The predicted octanol–water partition coefficient (Wildman–Crippen LogP) is 4.00. The summed E-state index contributed by atoms with van der Waals surface area (Å²) in [5, 5.41) is 0.974. The molecule has 92 valence electrons. The molecule has 2 heterocycles. The van der Waals surface area contributed by atoms with Crippen molar-refractivity contribution < 1.29 is 0 Å². The molecule has 0 saturated heterocycles. The number of rotatable bonds is 1. The summed E-state index contributed by atoms with van der Waals surface area (Å²) in [6, 6.07) is 1.65. The first-order valence-electron chi connectivity index (χ1n) is 5.58. The highest BCUT2D eigenvalue weighted by Crippen LogP contribution is 2.28. The Labute approximate surface area is 119 Å². The SMILES string of the molecule is S=c1nc(-c2ncc(Cl)cc2Cl)[nH]c2c1CCC2. The molecule has 0 saturated carbocycles. The first kappa shape index (κ1) is 12.1. The number of aryl methyl sites for hydroxylation is 1. The molecule has 18 heavy (non-hydrogen) atoms. The van der Waals surface area contributed by atoms with Gasteiger partial charge < -0.3 is 4.98 Å². The van der Waals surface area contributed by atoms with Crippen molar-refractivity contribution in [3.63, 3.8) is 0 Å². The van der Waals surface area contributed by atoms with E-state index in [0.29, 0.717) is 26.2 Å². The third-order valence-corrected chi connectivity index (χ3v) is 3.82. The van der Waals surface area contributed by atoms with Crippen molar-refractivity contribution in [3.8, 4) is 11.5 Å². The number of halogens is 2. The largest absolute Gasteiger partial charge is 0.342 e. The summed E-state index contributed by atoms with van der Waals surface area (Å²) in [5.74, 6) is 0.613. The van der Waals surface area contributed by atoms with Crippen LogP contribution >= 0.6 is 35.4 Å². The van der Waals surface area contributed by atoms with E-state index in [9.17, 15) is 0 Å². The Morgan fingerprint density at radius 1 is 1.28 bits per heavy atom. The molecule has 3 nitrogen and oxygen atoms in total. The maximum absolute atomic E-state index is 6.13. The maximum Gasteiger partial charge on any atom is 0.159 e. The quantitative estimate of drug-likeness (QED) is 0.809. The number of nitrogens with zero attached hydrogens (tertiary/aromatic N) is 2. The molecule has 0 atom stereocenters. The number of fused-ring (bicyclic) bond motifs is 1. The molecule has 3 rings (SSSR count). The molecule has 2 aromatic heterocycles. The molecular formula is C12H9Cl2N3S. The number of hydrogen-bond acceptors (Lipinski definition) is 3. The Kier molecular flexibility index (Phi) is 3.09. The lowest BCUT2D eigenvalue weighted by atomic mass is 10.2. The minimum Gasteiger partial charge on any atom is -0.342 e. The Morgan fingerprint density at radius 3 is 2.89 bits per heavy atom. The van der Waals surface area contributed by atoms with Gasteiger partial charge in [-0.1, -0.05) is 35.4 Å². The molecule has 0 fully saturated rings. The van der Waals surface area contributed by atoms with Gasteiger partial charge in [0, 0.05) is 17.5 Å². The van der Waals surface area contributed by atoms with Gasteiger partial charge in [-0.25, -0.2) is 9.97 Å². The minimum atomic E-state index is 0.471. The highest BCUT2D eigenvalue weighted by Gasteiger charge is 2.17. The van der Waals surface area contributed by atoms with Gasteiger partial charge in [0.15, 0.2) is 5.82 Å². The van der Waals surface area contributed by atoms with Gasteiger partial charge in [-0.05, 0) is 25.3 Å². The predicted molar refractivity (Wildman–Crippen MR) is 74.7 cm³/mol. The Hall–Kier alpha value is -0.970. The van der Waals surface area contributed by atoms with Crippen molar-refractivity contribution in [2.45, 2.75) is 19.3 Å². The second-order valence-electron chi connectivity index (χ2n) is 4.19. The molecule has 1 N–H and O–H groups in total. The minimum absolute atomic E-state index is 0.471. The van der Waals surface area contributed by atoms with E-state index in [-0.39, 0.29) is 0 Å². The number of pyridine rings is 1. The Balaban J connectivity index is 2.18. The summed E-state index contributed by atoms with van der Waals surface area (Å²) in [6.07, 6.45) is 4.66. The summed E-state index contributed by atoms with van der Waals surface area (Å²) in [7, 11) is 0. The summed E-state index contributed by atoms with van der Waals surface area (Å²) >= 11 is 17.3. The highest BCUT2D eigenvalue weighted by atomic mass is 35.5. The monoisotopic (exact) mass is 297 g/mol. The zero-order valence-corrected chi connectivity index (χ0v) is 11.7. The van der Waals surface area contributed by atoms with Gasteiger partial charge in [0.1, 0.15) is 10.3 Å². The van der Waals surface area contributed by atoms with E-state index >= 15 is 0 Å². The third kappa shape index (κ3) is 2.05. The van der Waals surface area contributed by atoms with E-state index in [1.54, 1.807) is 12.3 Å². The van der Waals surface area contributed by atoms with Crippen LogP contribution in [-0.4, -0.2) is 15.0 Å². The van der Waals surface area contributed by atoms with Crippen molar-refractivity contribution in [1.29, 1.82) is 0 Å². The van der Waals surface area contributed by atoms with E-state index in [2.05, 4.69) is 15.0 Å². The van der Waals surface area contributed by atoms with Crippen LogP contribution in [0.2, 0.25) is 10.0 Å². The number of aromatic nitrogens is 3.